The third-order valence-corrected chi connectivity index (χ3v) is 3.09. The number of halogens is 3. The molecule has 2 rings (SSSR count). The van der Waals surface area contributed by atoms with Gasteiger partial charge in [-0.3, -0.25) is 0 Å². The first kappa shape index (κ1) is 9.27. The van der Waals surface area contributed by atoms with Crippen molar-refractivity contribution < 1.29 is 18.3 Å². The molecule has 0 aromatic carbocycles. The van der Waals surface area contributed by atoms with Gasteiger partial charge in [0.2, 0.25) is 6.43 Å². The van der Waals surface area contributed by atoms with Gasteiger partial charge in [-0.05, 0) is 12.8 Å². The van der Waals surface area contributed by atoms with Gasteiger partial charge < -0.3 is 10.4 Å². The molecule has 1 aliphatic heterocycles. The van der Waals surface area contributed by atoms with Crippen LogP contribution in [0.5, 0.6) is 0 Å². The molecular formula is C8H12F3NO. The molecule has 13 heavy (non-hydrogen) atoms. The first-order valence-electron chi connectivity index (χ1n) is 4.42. The third kappa shape index (κ3) is 1.34. The predicted octanol–water partition coefficient (Wildman–Crippen LogP) is 0.702. The molecule has 1 spiro atoms. The number of hydrogen-bond acceptors (Lipinski definition) is 2. The van der Waals surface area contributed by atoms with Gasteiger partial charge in [-0.2, -0.15) is 0 Å². The van der Waals surface area contributed by atoms with Crippen molar-refractivity contribution in [3.8, 4) is 0 Å². The van der Waals surface area contributed by atoms with Crippen molar-refractivity contribution in [3.05, 3.63) is 0 Å². The number of alkyl halides is 3. The van der Waals surface area contributed by atoms with Crippen LogP contribution in [0.1, 0.15) is 12.8 Å². The van der Waals surface area contributed by atoms with Crippen molar-refractivity contribution in [1.29, 1.82) is 0 Å². The molecule has 1 saturated carbocycles. The predicted molar refractivity (Wildman–Crippen MR) is 40.4 cm³/mol. The molecule has 0 aromatic heterocycles. The van der Waals surface area contributed by atoms with Crippen LogP contribution in [-0.4, -0.2) is 35.9 Å². The van der Waals surface area contributed by atoms with Crippen LogP contribution in [0.4, 0.5) is 13.2 Å². The Kier molecular flexibility index (Phi) is 2.03. The number of aliphatic hydroxyl groups excluding tert-OH is 1. The standard InChI is InChI=1S/C8H12F3NO/c9-4-3-12-8(1-2-8)5(6(4)13)7(10)11/h4-7,12-13H,1-3H2. The lowest BCUT2D eigenvalue weighted by molar-refractivity contribution is -0.0859. The van der Waals surface area contributed by atoms with E-state index in [4.69, 9.17) is 0 Å². The summed E-state index contributed by atoms with van der Waals surface area (Å²) in [7, 11) is 0. The van der Waals surface area contributed by atoms with Gasteiger partial charge in [0.05, 0.1) is 12.0 Å². The Morgan fingerprint density at radius 1 is 1.38 bits per heavy atom. The van der Waals surface area contributed by atoms with Crippen molar-refractivity contribution in [2.24, 2.45) is 5.92 Å². The lowest BCUT2D eigenvalue weighted by Gasteiger charge is -2.38. The Balaban J connectivity index is 2.16. The third-order valence-electron chi connectivity index (χ3n) is 3.09. The normalized spacial score (nSPS) is 42.7. The zero-order valence-electron chi connectivity index (χ0n) is 7.01. The van der Waals surface area contributed by atoms with Gasteiger partial charge in [0, 0.05) is 12.1 Å². The van der Waals surface area contributed by atoms with Gasteiger partial charge in [-0.25, -0.2) is 13.2 Å². The van der Waals surface area contributed by atoms with E-state index in [1.807, 2.05) is 0 Å². The highest BCUT2D eigenvalue weighted by Gasteiger charge is 2.59. The summed E-state index contributed by atoms with van der Waals surface area (Å²) >= 11 is 0. The first-order valence-corrected chi connectivity index (χ1v) is 4.42. The van der Waals surface area contributed by atoms with Crippen LogP contribution in [0.25, 0.3) is 0 Å². The van der Waals surface area contributed by atoms with Gasteiger partial charge in [0.25, 0.3) is 0 Å². The molecule has 76 valence electrons. The smallest absolute Gasteiger partial charge is 0.245 e. The first-order chi connectivity index (χ1) is 6.07. The summed E-state index contributed by atoms with van der Waals surface area (Å²) in [5, 5.41) is 12.1. The maximum atomic E-state index is 12.9. The fourth-order valence-electron chi connectivity index (χ4n) is 2.13. The van der Waals surface area contributed by atoms with E-state index in [9.17, 15) is 18.3 Å². The number of rotatable bonds is 1. The molecule has 2 N–H and O–H groups in total. The van der Waals surface area contributed by atoms with Crippen LogP contribution in [-0.2, 0) is 0 Å². The van der Waals surface area contributed by atoms with Crippen molar-refractivity contribution in [2.45, 2.75) is 37.1 Å². The molecule has 2 nitrogen and oxygen atoms in total. The molecule has 2 fully saturated rings. The van der Waals surface area contributed by atoms with Crippen LogP contribution < -0.4 is 5.32 Å². The van der Waals surface area contributed by atoms with E-state index in [0.29, 0.717) is 12.8 Å². The van der Waals surface area contributed by atoms with Gasteiger partial charge in [0.1, 0.15) is 6.17 Å². The average Bonchev–Trinajstić information content (AvgIpc) is 2.79. The zero-order valence-corrected chi connectivity index (χ0v) is 7.01. The summed E-state index contributed by atoms with van der Waals surface area (Å²) in [6, 6.07) is 0. The van der Waals surface area contributed by atoms with Gasteiger partial charge >= 0.3 is 0 Å². The van der Waals surface area contributed by atoms with Crippen LogP contribution in [0.15, 0.2) is 0 Å². The minimum absolute atomic E-state index is 0.00954. The molecule has 1 aliphatic carbocycles. The highest BCUT2D eigenvalue weighted by Crippen LogP contribution is 2.49. The molecule has 5 heteroatoms. The van der Waals surface area contributed by atoms with Crippen molar-refractivity contribution in [3.63, 3.8) is 0 Å². The Labute approximate surface area is 74.1 Å². The van der Waals surface area contributed by atoms with E-state index in [-0.39, 0.29) is 6.54 Å². The largest absolute Gasteiger partial charge is 0.389 e. The number of piperidine rings is 1. The molecule has 3 unspecified atom stereocenters. The molecule has 1 heterocycles. The second kappa shape index (κ2) is 2.85. The summed E-state index contributed by atoms with van der Waals surface area (Å²) in [5.74, 6) is -1.24. The summed E-state index contributed by atoms with van der Waals surface area (Å²) in [6.45, 7) is -0.00954. The van der Waals surface area contributed by atoms with Crippen LogP contribution >= 0.6 is 0 Å². The Hall–Kier alpha value is -0.290. The van der Waals surface area contributed by atoms with Gasteiger partial charge in [0.15, 0.2) is 0 Å². The SMILES string of the molecule is OC1C(F)CNC2(CC2)C1C(F)F. The maximum Gasteiger partial charge on any atom is 0.245 e. The van der Waals surface area contributed by atoms with E-state index in [1.165, 1.54) is 0 Å². The minimum Gasteiger partial charge on any atom is -0.389 e. The molecule has 2 aliphatic rings. The lowest BCUT2D eigenvalue weighted by Crippen LogP contribution is -2.59. The summed E-state index contributed by atoms with van der Waals surface area (Å²) in [6.07, 6.45) is -4.49. The summed E-state index contributed by atoms with van der Waals surface area (Å²) < 4.78 is 37.9. The number of hydrogen-bond donors (Lipinski definition) is 2. The number of aliphatic hydroxyl groups is 1. The van der Waals surface area contributed by atoms with E-state index in [2.05, 4.69) is 5.32 Å². The van der Waals surface area contributed by atoms with E-state index in [1.54, 1.807) is 0 Å². The maximum absolute atomic E-state index is 12.9. The highest BCUT2D eigenvalue weighted by molar-refractivity contribution is 5.13. The monoisotopic (exact) mass is 195 g/mol. The molecular weight excluding hydrogens is 183 g/mol. The molecule has 0 bridgehead atoms. The van der Waals surface area contributed by atoms with Gasteiger partial charge in [-0.15, -0.1) is 0 Å². The number of nitrogens with one attached hydrogen (secondary N) is 1. The Bertz CT molecular complexity index is 208. The van der Waals surface area contributed by atoms with Crippen molar-refractivity contribution in [1.82, 2.24) is 5.32 Å². The topological polar surface area (TPSA) is 32.3 Å². The van der Waals surface area contributed by atoms with E-state index < -0.39 is 30.2 Å². The Morgan fingerprint density at radius 2 is 2.00 bits per heavy atom. The Morgan fingerprint density at radius 3 is 2.46 bits per heavy atom. The summed E-state index contributed by atoms with van der Waals surface area (Å²) in [4.78, 5) is 0. The highest BCUT2D eigenvalue weighted by atomic mass is 19.3. The average molecular weight is 195 g/mol. The van der Waals surface area contributed by atoms with Crippen LogP contribution in [0.3, 0.4) is 0 Å². The zero-order chi connectivity index (χ0) is 9.64. The molecule has 0 amide bonds. The van der Waals surface area contributed by atoms with Gasteiger partial charge in [-0.1, -0.05) is 0 Å². The van der Waals surface area contributed by atoms with Crippen LogP contribution in [0, 0.1) is 5.92 Å². The molecule has 0 radical (unpaired) electrons. The van der Waals surface area contributed by atoms with E-state index in [0.717, 1.165) is 0 Å². The van der Waals surface area contributed by atoms with Crippen molar-refractivity contribution >= 4 is 0 Å². The fraction of sp³-hybridized carbons (Fsp3) is 1.00. The minimum atomic E-state index is -2.65. The summed E-state index contributed by atoms with van der Waals surface area (Å²) in [5.41, 5.74) is -0.670. The van der Waals surface area contributed by atoms with Crippen molar-refractivity contribution in [2.75, 3.05) is 6.54 Å². The fourth-order valence-corrected chi connectivity index (χ4v) is 2.13. The van der Waals surface area contributed by atoms with Crippen LogP contribution in [0.2, 0.25) is 0 Å². The quantitative estimate of drug-likeness (QED) is 0.645. The van der Waals surface area contributed by atoms with E-state index >= 15 is 0 Å². The molecule has 1 saturated heterocycles. The molecule has 3 atom stereocenters. The second-order valence-electron chi connectivity index (χ2n) is 3.90. The lowest BCUT2D eigenvalue weighted by atomic mass is 9.85. The second-order valence-corrected chi connectivity index (χ2v) is 3.90. The molecule has 0 aromatic rings.